The van der Waals surface area contributed by atoms with Gasteiger partial charge in [-0.15, -0.1) is 10.2 Å². The van der Waals surface area contributed by atoms with Crippen LogP contribution in [-0.2, 0) is 9.59 Å². The summed E-state index contributed by atoms with van der Waals surface area (Å²) in [6, 6.07) is 19.4. The second kappa shape index (κ2) is 8.71. The highest BCUT2D eigenvalue weighted by atomic mass is 32.2. The van der Waals surface area contributed by atoms with Gasteiger partial charge >= 0.3 is 5.97 Å². The molecule has 5 rings (SSSR count). The highest BCUT2D eigenvalue weighted by Crippen LogP contribution is 2.38. The van der Waals surface area contributed by atoms with Crippen molar-refractivity contribution >= 4 is 57.9 Å². The maximum absolute atomic E-state index is 10.8. The largest absolute Gasteiger partial charge is 0.481 e. The van der Waals surface area contributed by atoms with E-state index in [9.17, 15) is 9.59 Å². The number of nitrogens with one attached hydrogen (secondary N) is 1. The van der Waals surface area contributed by atoms with Crippen LogP contribution < -0.4 is 0 Å². The van der Waals surface area contributed by atoms with E-state index < -0.39 is 5.97 Å². The molecule has 0 spiro atoms. The lowest BCUT2D eigenvalue weighted by Gasteiger charge is -2.07. The van der Waals surface area contributed by atoms with Crippen molar-refractivity contribution in [2.24, 2.45) is 4.99 Å². The van der Waals surface area contributed by atoms with Crippen LogP contribution in [0, 0.1) is 0 Å². The lowest BCUT2D eigenvalue weighted by atomic mass is 9.99. The molecule has 0 fully saturated rings. The molecule has 5 aromatic rings. The van der Waals surface area contributed by atoms with Crippen LogP contribution in [0.4, 0.5) is 5.69 Å². The molecule has 9 heteroatoms. The van der Waals surface area contributed by atoms with Crippen LogP contribution in [0.1, 0.15) is 0 Å². The predicted octanol–water partition coefficient (Wildman–Crippen LogP) is 5.12. The highest BCUT2D eigenvalue weighted by molar-refractivity contribution is 7.99. The third kappa shape index (κ3) is 4.13. The molecule has 0 saturated heterocycles. The summed E-state index contributed by atoms with van der Waals surface area (Å²) in [6.07, 6.45) is 1.79. The summed E-state index contributed by atoms with van der Waals surface area (Å²) in [5, 5.41) is 19.5. The fourth-order valence-corrected chi connectivity index (χ4v) is 4.17. The number of carbonyl (C=O) groups excluding carboxylic acids is 1. The van der Waals surface area contributed by atoms with Crippen LogP contribution in [0.25, 0.3) is 44.5 Å². The monoisotopic (exact) mass is 456 g/mol. The number of aliphatic carboxylic acids is 1. The number of benzene rings is 3. The molecule has 0 unspecified atom stereocenters. The number of carbonyl (C=O) groups is 2. The molecule has 0 radical (unpaired) electrons. The predicted molar refractivity (Wildman–Crippen MR) is 127 cm³/mol. The van der Waals surface area contributed by atoms with E-state index in [1.54, 1.807) is 6.07 Å². The molecule has 0 atom stereocenters. The minimum atomic E-state index is -0.940. The Morgan fingerprint density at radius 2 is 1.88 bits per heavy atom. The van der Waals surface area contributed by atoms with Gasteiger partial charge in [-0.1, -0.05) is 48.2 Å². The van der Waals surface area contributed by atoms with Crippen molar-refractivity contribution in [1.29, 1.82) is 0 Å². The van der Waals surface area contributed by atoms with Gasteiger partial charge in [0.25, 0.3) is 0 Å². The lowest BCUT2D eigenvalue weighted by molar-refractivity contribution is -0.133. The number of H-pyrrole nitrogens is 1. The number of para-hydroxylation sites is 2. The van der Waals surface area contributed by atoms with Gasteiger partial charge in [-0.25, -0.2) is 0 Å². The van der Waals surface area contributed by atoms with Crippen LogP contribution in [0.15, 0.2) is 75.2 Å². The molecule has 2 heterocycles. The zero-order valence-electron chi connectivity index (χ0n) is 17.1. The van der Waals surface area contributed by atoms with Gasteiger partial charge in [0, 0.05) is 21.9 Å². The summed E-state index contributed by atoms with van der Waals surface area (Å²) in [4.78, 5) is 28.9. The maximum Gasteiger partial charge on any atom is 0.313 e. The Kier molecular flexibility index (Phi) is 5.45. The zero-order chi connectivity index (χ0) is 22.8. The summed E-state index contributed by atoms with van der Waals surface area (Å²) in [5.41, 5.74) is 4.48. The van der Waals surface area contributed by atoms with Crippen molar-refractivity contribution < 1.29 is 19.1 Å². The molecule has 2 N–H and O–H groups in total. The van der Waals surface area contributed by atoms with Crippen molar-refractivity contribution in [1.82, 2.24) is 15.2 Å². The first-order valence-electron chi connectivity index (χ1n) is 9.93. The van der Waals surface area contributed by atoms with E-state index in [1.807, 2.05) is 54.6 Å². The highest BCUT2D eigenvalue weighted by Gasteiger charge is 2.15. The van der Waals surface area contributed by atoms with E-state index in [4.69, 9.17) is 9.52 Å². The third-order valence-corrected chi connectivity index (χ3v) is 5.84. The van der Waals surface area contributed by atoms with E-state index in [0.29, 0.717) is 28.5 Å². The summed E-state index contributed by atoms with van der Waals surface area (Å²) in [7, 11) is 0. The van der Waals surface area contributed by atoms with Gasteiger partial charge in [-0.05, 0) is 29.8 Å². The van der Waals surface area contributed by atoms with E-state index in [2.05, 4.69) is 20.2 Å². The van der Waals surface area contributed by atoms with Crippen LogP contribution >= 0.6 is 11.8 Å². The van der Waals surface area contributed by atoms with Gasteiger partial charge in [-0.3, -0.25) is 14.6 Å². The first kappa shape index (κ1) is 20.7. The molecule has 8 nitrogen and oxygen atoms in total. The fourth-order valence-electron chi connectivity index (χ4n) is 3.64. The second-order valence-electron chi connectivity index (χ2n) is 7.12. The van der Waals surface area contributed by atoms with Crippen molar-refractivity contribution in [2.75, 3.05) is 5.75 Å². The van der Waals surface area contributed by atoms with Crippen LogP contribution in [0.2, 0.25) is 0 Å². The minimum Gasteiger partial charge on any atom is -0.481 e. The average Bonchev–Trinajstić information content (AvgIpc) is 3.46. The summed E-state index contributed by atoms with van der Waals surface area (Å²) in [6.45, 7) is 0. The molecule has 2 aromatic heterocycles. The minimum absolute atomic E-state index is 0.127. The molecule has 33 heavy (non-hydrogen) atoms. The number of furan rings is 1. The Morgan fingerprint density at radius 3 is 2.73 bits per heavy atom. The Balaban J connectivity index is 1.65. The second-order valence-corrected chi connectivity index (χ2v) is 8.09. The van der Waals surface area contributed by atoms with Crippen molar-refractivity contribution in [3.63, 3.8) is 0 Å². The molecule has 0 aliphatic carbocycles. The number of aromatic amines is 1. The normalized spacial score (nSPS) is 11.5. The average molecular weight is 456 g/mol. The Bertz CT molecular complexity index is 1540. The van der Waals surface area contributed by atoms with Crippen LogP contribution in [0.3, 0.4) is 0 Å². The number of rotatable bonds is 7. The quantitative estimate of drug-likeness (QED) is 0.198. The van der Waals surface area contributed by atoms with Crippen molar-refractivity contribution in [3.8, 4) is 22.5 Å². The van der Waals surface area contributed by atoms with Gasteiger partial charge in [0.1, 0.15) is 11.2 Å². The summed E-state index contributed by atoms with van der Waals surface area (Å²) < 4.78 is 6.17. The number of hydrogen-bond donors (Lipinski definition) is 2. The molecular formula is C24H16N4O4S. The summed E-state index contributed by atoms with van der Waals surface area (Å²) in [5.74, 6) is -0.606. The maximum atomic E-state index is 10.8. The smallest absolute Gasteiger partial charge is 0.313 e. The fraction of sp³-hybridized carbons (Fsp3) is 0.0417. The number of aliphatic imine (C=N–C) groups is 1. The number of carboxylic acid groups (broad SMARTS) is 1. The lowest BCUT2D eigenvalue weighted by Crippen LogP contribution is -1.97. The van der Waals surface area contributed by atoms with Gasteiger partial charge in [0.05, 0.1) is 17.7 Å². The SMILES string of the molecule is O=C/C=N/c1cc(-c2nnc(SCC(=O)O)[nH]2)cc(-c2cccc3c2oc2ccccc23)c1. The topological polar surface area (TPSA) is 121 Å². The molecule has 0 bridgehead atoms. The van der Waals surface area contributed by atoms with Gasteiger partial charge in [-0.2, -0.15) is 0 Å². The Hall–Kier alpha value is -4.24. The number of aromatic nitrogens is 3. The van der Waals surface area contributed by atoms with Crippen LogP contribution in [-0.4, -0.2) is 44.5 Å². The molecule has 0 aliphatic heterocycles. The van der Waals surface area contributed by atoms with Crippen molar-refractivity contribution in [3.05, 3.63) is 60.7 Å². The number of carboxylic acids is 1. The third-order valence-electron chi connectivity index (χ3n) is 4.99. The Morgan fingerprint density at radius 1 is 1.06 bits per heavy atom. The van der Waals surface area contributed by atoms with Gasteiger partial charge in [0.2, 0.25) is 0 Å². The number of thioether (sulfide) groups is 1. The van der Waals surface area contributed by atoms with Crippen molar-refractivity contribution in [2.45, 2.75) is 5.16 Å². The van der Waals surface area contributed by atoms with E-state index in [0.717, 1.165) is 44.8 Å². The number of aldehydes is 1. The first-order chi connectivity index (χ1) is 16.1. The first-order valence-corrected chi connectivity index (χ1v) is 10.9. The van der Waals surface area contributed by atoms with Gasteiger partial charge in [0.15, 0.2) is 17.3 Å². The molecular weight excluding hydrogens is 440 g/mol. The molecule has 162 valence electrons. The molecule has 0 amide bonds. The van der Waals surface area contributed by atoms with Gasteiger partial charge < -0.3 is 14.5 Å². The van der Waals surface area contributed by atoms with E-state index in [1.165, 1.54) is 6.21 Å². The number of hydrogen-bond acceptors (Lipinski definition) is 7. The number of nitrogens with zero attached hydrogens (tertiary/aromatic N) is 3. The molecule has 0 saturated carbocycles. The van der Waals surface area contributed by atoms with Crippen LogP contribution in [0.5, 0.6) is 0 Å². The Labute approximate surface area is 191 Å². The molecule has 0 aliphatic rings. The molecule has 3 aromatic carbocycles. The number of fused-ring (bicyclic) bond motifs is 3. The standard InChI is InChI=1S/C24H16N4O4S/c29-9-8-25-16-11-14(10-15(12-16)23-26-24(28-27-23)33-13-21(30)31)17-5-3-6-19-18-4-1-2-7-20(18)32-22(17)19/h1-12H,13H2,(H,30,31)(H,26,27,28)/b25-8+. The van der Waals surface area contributed by atoms with E-state index in [-0.39, 0.29) is 5.75 Å². The zero-order valence-corrected chi connectivity index (χ0v) is 17.9. The summed E-state index contributed by atoms with van der Waals surface area (Å²) >= 11 is 1.05. The van der Waals surface area contributed by atoms with E-state index >= 15 is 0 Å².